The van der Waals surface area contributed by atoms with E-state index < -0.39 is 0 Å². The van der Waals surface area contributed by atoms with E-state index in [0.717, 1.165) is 5.57 Å². The van der Waals surface area contributed by atoms with Crippen molar-refractivity contribution in [2.45, 2.75) is 38.8 Å². The summed E-state index contributed by atoms with van der Waals surface area (Å²) in [7, 11) is 2.15. The Bertz CT molecular complexity index is 376. The zero-order valence-electron chi connectivity index (χ0n) is 10.2. The van der Waals surface area contributed by atoms with Gasteiger partial charge < -0.3 is 4.74 Å². The Labute approximate surface area is 96.4 Å². The van der Waals surface area contributed by atoms with Gasteiger partial charge in [-0.1, -0.05) is 13.0 Å². The molecule has 3 aliphatic rings. The monoisotopic (exact) mass is 221 g/mol. The second-order valence-electron chi connectivity index (χ2n) is 5.55. The number of likely N-dealkylation sites (tertiary alicyclic amines) is 1. The van der Waals surface area contributed by atoms with Crippen molar-refractivity contribution in [3.8, 4) is 0 Å². The highest BCUT2D eigenvalue weighted by Crippen LogP contribution is 2.62. The van der Waals surface area contributed by atoms with E-state index in [0.29, 0.717) is 30.0 Å². The molecule has 4 bridgehead atoms. The Kier molecular flexibility index (Phi) is 2.00. The van der Waals surface area contributed by atoms with Crippen molar-refractivity contribution in [2.75, 3.05) is 13.7 Å². The van der Waals surface area contributed by atoms with Crippen LogP contribution >= 0.6 is 0 Å². The van der Waals surface area contributed by atoms with Gasteiger partial charge in [-0.15, -0.1) is 0 Å². The van der Waals surface area contributed by atoms with E-state index in [1.54, 1.807) is 0 Å². The Morgan fingerprint density at radius 1 is 1.69 bits per heavy atom. The zero-order chi connectivity index (χ0) is 11.5. The molecule has 0 aromatic heterocycles. The van der Waals surface area contributed by atoms with E-state index >= 15 is 0 Å². The fraction of sp³-hybridized carbons (Fsp3) is 0.769. The van der Waals surface area contributed by atoms with Gasteiger partial charge in [-0.3, -0.25) is 4.90 Å². The molecule has 2 aliphatic carbocycles. The first-order valence-corrected chi connectivity index (χ1v) is 6.20. The van der Waals surface area contributed by atoms with Crippen molar-refractivity contribution in [1.29, 1.82) is 0 Å². The second kappa shape index (κ2) is 3.10. The van der Waals surface area contributed by atoms with Crippen LogP contribution in [-0.2, 0) is 9.53 Å². The predicted molar refractivity (Wildman–Crippen MR) is 60.9 cm³/mol. The molecule has 4 atom stereocenters. The third kappa shape index (κ3) is 1.000. The largest absolute Gasteiger partial charge is 0.463 e. The van der Waals surface area contributed by atoms with Gasteiger partial charge in [-0.05, 0) is 32.2 Å². The maximum atomic E-state index is 11.9. The Hall–Kier alpha value is -0.830. The Morgan fingerprint density at radius 2 is 2.44 bits per heavy atom. The molecular weight excluding hydrogens is 202 g/mol. The molecule has 0 aromatic rings. The summed E-state index contributed by atoms with van der Waals surface area (Å²) in [6, 6.07) is 0.962. The standard InChI is InChI=1S/C13H19NO2/c1-4-16-12(15)8-7-9-10-5-6-13(9,2)11(8)14(10)3/h7,9-11H,4-6H2,1-3H3. The highest BCUT2D eigenvalue weighted by molar-refractivity contribution is 5.91. The number of likely N-dealkylation sites (N-methyl/N-ethyl adjacent to an activating group) is 1. The van der Waals surface area contributed by atoms with Crippen molar-refractivity contribution in [2.24, 2.45) is 11.3 Å². The second-order valence-corrected chi connectivity index (χ2v) is 5.55. The van der Waals surface area contributed by atoms with Crippen molar-refractivity contribution in [3.63, 3.8) is 0 Å². The summed E-state index contributed by atoms with van der Waals surface area (Å²) in [6.45, 7) is 4.66. The van der Waals surface area contributed by atoms with Crippen LogP contribution in [0.2, 0.25) is 0 Å². The first kappa shape index (κ1) is 10.3. The van der Waals surface area contributed by atoms with Gasteiger partial charge in [0.1, 0.15) is 0 Å². The molecular formula is C13H19NO2. The highest BCUT2D eigenvalue weighted by Gasteiger charge is 2.64. The summed E-state index contributed by atoms with van der Waals surface area (Å²) in [6.07, 6.45) is 4.72. The van der Waals surface area contributed by atoms with E-state index in [1.807, 2.05) is 6.92 Å². The first-order chi connectivity index (χ1) is 7.59. The highest BCUT2D eigenvalue weighted by atomic mass is 16.5. The topological polar surface area (TPSA) is 29.5 Å². The molecule has 0 radical (unpaired) electrons. The molecule has 16 heavy (non-hydrogen) atoms. The number of hydrogen-bond donors (Lipinski definition) is 0. The summed E-state index contributed by atoms with van der Waals surface area (Å²) in [5.41, 5.74) is 1.20. The van der Waals surface area contributed by atoms with E-state index in [1.165, 1.54) is 12.8 Å². The third-order valence-corrected chi connectivity index (χ3v) is 4.87. The summed E-state index contributed by atoms with van der Waals surface area (Å²) in [5, 5.41) is 0. The molecule has 0 amide bonds. The lowest BCUT2D eigenvalue weighted by Crippen LogP contribution is -2.44. The van der Waals surface area contributed by atoms with Gasteiger partial charge in [0.15, 0.2) is 0 Å². The van der Waals surface area contributed by atoms with E-state index in [9.17, 15) is 4.79 Å². The normalized spacial score (nSPS) is 44.9. The molecule has 3 rings (SSSR count). The van der Waals surface area contributed by atoms with Crippen molar-refractivity contribution in [3.05, 3.63) is 11.6 Å². The minimum absolute atomic E-state index is 0.103. The molecule has 0 spiro atoms. The molecule has 1 aliphatic heterocycles. The summed E-state index contributed by atoms with van der Waals surface area (Å²) in [4.78, 5) is 14.3. The Balaban J connectivity index is 1.93. The van der Waals surface area contributed by atoms with Crippen LogP contribution in [0.15, 0.2) is 11.6 Å². The summed E-state index contributed by atoms with van der Waals surface area (Å²) in [5.74, 6) is 0.468. The fourth-order valence-corrected chi connectivity index (χ4v) is 4.23. The van der Waals surface area contributed by atoms with Crippen LogP contribution in [0.1, 0.15) is 26.7 Å². The number of ether oxygens (including phenoxy) is 1. The molecule has 4 unspecified atom stereocenters. The number of rotatable bonds is 2. The van der Waals surface area contributed by atoms with Gasteiger partial charge in [-0.2, -0.15) is 0 Å². The van der Waals surface area contributed by atoms with Crippen molar-refractivity contribution >= 4 is 5.97 Å². The lowest BCUT2D eigenvalue weighted by Gasteiger charge is -2.37. The van der Waals surface area contributed by atoms with Crippen LogP contribution in [0.3, 0.4) is 0 Å². The third-order valence-electron chi connectivity index (χ3n) is 4.87. The molecule has 1 saturated carbocycles. The lowest BCUT2D eigenvalue weighted by molar-refractivity contribution is -0.139. The SMILES string of the molecule is CCOC(=O)C1=CC2C3CCC2(C)C1N3C. The van der Waals surface area contributed by atoms with E-state index in [-0.39, 0.29) is 5.97 Å². The smallest absolute Gasteiger partial charge is 0.335 e. The molecule has 3 heteroatoms. The average Bonchev–Trinajstić information content (AvgIpc) is 2.76. The van der Waals surface area contributed by atoms with Crippen LogP contribution in [-0.4, -0.2) is 36.6 Å². The van der Waals surface area contributed by atoms with Crippen LogP contribution in [0, 0.1) is 11.3 Å². The summed E-state index contributed by atoms with van der Waals surface area (Å²) >= 11 is 0. The van der Waals surface area contributed by atoms with Gasteiger partial charge in [0.2, 0.25) is 0 Å². The molecule has 1 heterocycles. The molecule has 0 N–H and O–H groups in total. The molecule has 88 valence electrons. The minimum atomic E-state index is -0.103. The minimum Gasteiger partial charge on any atom is -0.463 e. The number of carbonyl (C=O) groups excluding carboxylic acids is 1. The molecule has 0 aromatic carbocycles. The maximum absolute atomic E-state index is 11.9. The van der Waals surface area contributed by atoms with E-state index in [2.05, 4.69) is 24.9 Å². The number of piperidine rings is 1. The average molecular weight is 221 g/mol. The van der Waals surface area contributed by atoms with Crippen LogP contribution in [0.25, 0.3) is 0 Å². The van der Waals surface area contributed by atoms with Crippen molar-refractivity contribution in [1.82, 2.24) is 4.90 Å². The summed E-state index contributed by atoms with van der Waals surface area (Å²) < 4.78 is 5.15. The number of esters is 1. The molecule has 2 fully saturated rings. The van der Waals surface area contributed by atoms with Crippen LogP contribution < -0.4 is 0 Å². The molecule has 3 nitrogen and oxygen atoms in total. The van der Waals surface area contributed by atoms with Crippen LogP contribution in [0.5, 0.6) is 0 Å². The van der Waals surface area contributed by atoms with Gasteiger partial charge in [0.05, 0.1) is 12.2 Å². The van der Waals surface area contributed by atoms with Crippen molar-refractivity contribution < 1.29 is 9.53 Å². The van der Waals surface area contributed by atoms with Crippen LogP contribution in [0.4, 0.5) is 0 Å². The Morgan fingerprint density at radius 3 is 3.00 bits per heavy atom. The van der Waals surface area contributed by atoms with E-state index in [4.69, 9.17) is 4.74 Å². The fourth-order valence-electron chi connectivity index (χ4n) is 4.23. The zero-order valence-corrected chi connectivity index (χ0v) is 10.2. The quantitative estimate of drug-likeness (QED) is 0.663. The first-order valence-electron chi connectivity index (χ1n) is 6.20. The number of carbonyl (C=O) groups is 1. The number of nitrogens with zero attached hydrogens (tertiary/aromatic N) is 1. The lowest BCUT2D eigenvalue weighted by atomic mass is 9.79. The van der Waals surface area contributed by atoms with Gasteiger partial charge in [0.25, 0.3) is 0 Å². The van der Waals surface area contributed by atoms with Gasteiger partial charge in [-0.25, -0.2) is 4.79 Å². The van der Waals surface area contributed by atoms with Gasteiger partial charge in [0, 0.05) is 18.0 Å². The number of hydrogen-bond acceptors (Lipinski definition) is 3. The molecule has 1 saturated heterocycles. The predicted octanol–water partition coefficient (Wildman–Crippen LogP) is 1.59. The maximum Gasteiger partial charge on any atom is 0.335 e. The van der Waals surface area contributed by atoms with Gasteiger partial charge >= 0.3 is 5.97 Å².